The van der Waals surface area contributed by atoms with Gasteiger partial charge in [-0.2, -0.15) is 0 Å². The summed E-state index contributed by atoms with van der Waals surface area (Å²) in [6.45, 7) is 0.672. The molecule has 0 amide bonds. The van der Waals surface area contributed by atoms with E-state index in [9.17, 15) is 13.2 Å². The number of hydrogen-bond donors (Lipinski definition) is 0. The van der Waals surface area contributed by atoms with Gasteiger partial charge in [-0.25, -0.2) is 13.2 Å². The Morgan fingerprint density at radius 1 is 1.11 bits per heavy atom. The van der Waals surface area contributed by atoms with E-state index in [1.54, 1.807) is 18.5 Å². The topological polar surface area (TPSA) is 12.9 Å². The SMILES string of the molecule is CC(F)(F)c1ccc(-c2cncc(Br)c2)cc1F. The summed E-state index contributed by atoms with van der Waals surface area (Å²) in [5.74, 6) is -4.10. The van der Waals surface area contributed by atoms with E-state index in [0.29, 0.717) is 18.1 Å². The van der Waals surface area contributed by atoms with E-state index < -0.39 is 17.3 Å². The maximum absolute atomic E-state index is 13.6. The van der Waals surface area contributed by atoms with Crippen LogP contribution in [-0.4, -0.2) is 4.98 Å². The van der Waals surface area contributed by atoms with E-state index in [1.807, 2.05) is 0 Å². The summed E-state index contributed by atoms with van der Waals surface area (Å²) in [4.78, 5) is 3.94. The Morgan fingerprint density at radius 2 is 1.83 bits per heavy atom. The van der Waals surface area contributed by atoms with E-state index in [0.717, 1.165) is 16.6 Å². The monoisotopic (exact) mass is 315 g/mol. The molecule has 1 aromatic carbocycles. The second kappa shape index (κ2) is 4.72. The van der Waals surface area contributed by atoms with Crippen molar-refractivity contribution in [2.45, 2.75) is 12.8 Å². The van der Waals surface area contributed by atoms with E-state index in [-0.39, 0.29) is 0 Å². The molecule has 2 aromatic rings. The molecule has 0 atom stereocenters. The van der Waals surface area contributed by atoms with Gasteiger partial charge in [-0.1, -0.05) is 6.07 Å². The number of rotatable bonds is 2. The van der Waals surface area contributed by atoms with Crippen molar-refractivity contribution in [1.29, 1.82) is 0 Å². The summed E-state index contributed by atoms with van der Waals surface area (Å²) >= 11 is 3.25. The summed E-state index contributed by atoms with van der Waals surface area (Å²) < 4.78 is 40.5. The Balaban J connectivity index is 2.47. The number of alkyl halides is 2. The van der Waals surface area contributed by atoms with Gasteiger partial charge in [-0.3, -0.25) is 4.98 Å². The molecule has 0 aliphatic rings. The summed E-state index contributed by atoms with van der Waals surface area (Å²) in [6.07, 6.45) is 3.14. The predicted molar refractivity (Wildman–Crippen MR) is 66.9 cm³/mol. The first-order chi connectivity index (χ1) is 8.38. The minimum absolute atomic E-state index is 0.509. The standard InChI is InChI=1S/C13H9BrF3N/c1-13(16,17)11-3-2-8(5-12(11)15)9-4-10(14)7-18-6-9/h2-7H,1H3. The molecule has 0 N–H and O–H groups in total. The molecule has 0 unspecified atom stereocenters. The van der Waals surface area contributed by atoms with Crippen LogP contribution in [-0.2, 0) is 5.92 Å². The van der Waals surface area contributed by atoms with Gasteiger partial charge in [0.1, 0.15) is 5.82 Å². The zero-order valence-corrected chi connectivity index (χ0v) is 11.0. The lowest BCUT2D eigenvalue weighted by atomic mass is 10.0. The lowest BCUT2D eigenvalue weighted by Gasteiger charge is -2.12. The van der Waals surface area contributed by atoms with Gasteiger partial charge in [-0.15, -0.1) is 0 Å². The predicted octanol–water partition coefficient (Wildman–Crippen LogP) is 4.76. The van der Waals surface area contributed by atoms with Gasteiger partial charge in [0.05, 0.1) is 5.56 Å². The first-order valence-electron chi connectivity index (χ1n) is 5.17. The van der Waals surface area contributed by atoms with Gasteiger partial charge in [0.2, 0.25) is 0 Å². The number of halogens is 4. The third kappa shape index (κ3) is 2.72. The molecule has 0 saturated carbocycles. The highest BCUT2D eigenvalue weighted by Gasteiger charge is 2.28. The fourth-order valence-electron chi connectivity index (χ4n) is 1.62. The van der Waals surface area contributed by atoms with Crippen molar-refractivity contribution < 1.29 is 13.2 Å². The summed E-state index contributed by atoms with van der Waals surface area (Å²) in [5.41, 5.74) is 0.567. The molecule has 1 nitrogen and oxygen atoms in total. The number of hydrogen-bond acceptors (Lipinski definition) is 1. The van der Waals surface area contributed by atoms with Gasteiger partial charge in [-0.05, 0) is 39.7 Å². The van der Waals surface area contributed by atoms with Crippen LogP contribution in [0.5, 0.6) is 0 Å². The first-order valence-corrected chi connectivity index (χ1v) is 5.96. The van der Waals surface area contributed by atoms with Crippen LogP contribution in [0.2, 0.25) is 0 Å². The highest BCUT2D eigenvalue weighted by molar-refractivity contribution is 9.10. The lowest BCUT2D eigenvalue weighted by Crippen LogP contribution is -2.09. The Morgan fingerprint density at radius 3 is 2.39 bits per heavy atom. The molecule has 0 aliphatic carbocycles. The van der Waals surface area contributed by atoms with Gasteiger partial charge >= 0.3 is 0 Å². The summed E-state index contributed by atoms with van der Waals surface area (Å²) in [5, 5.41) is 0. The number of aromatic nitrogens is 1. The van der Waals surface area contributed by atoms with E-state index in [1.165, 1.54) is 6.07 Å². The third-order valence-electron chi connectivity index (χ3n) is 2.48. The molecule has 0 radical (unpaired) electrons. The molecule has 0 aliphatic heterocycles. The zero-order valence-electron chi connectivity index (χ0n) is 9.42. The molecular formula is C13H9BrF3N. The maximum Gasteiger partial charge on any atom is 0.273 e. The van der Waals surface area contributed by atoms with Crippen LogP contribution in [0, 0.1) is 5.82 Å². The largest absolute Gasteiger partial charge is 0.273 e. The highest BCUT2D eigenvalue weighted by Crippen LogP contribution is 2.32. The smallest absolute Gasteiger partial charge is 0.263 e. The fraction of sp³-hybridized carbons (Fsp3) is 0.154. The number of benzene rings is 1. The molecule has 2 rings (SSSR count). The average molecular weight is 316 g/mol. The van der Waals surface area contributed by atoms with Crippen molar-refractivity contribution in [3.05, 3.63) is 52.5 Å². The second-order valence-corrected chi connectivity index (χ2v) is 4.89. The molecular weight excluding hydrogens is 307 g/mol. The van der Waals surface area contributed by atoms with Crippen molar-refractivity contribution in [2.24, 2.45) is 0 Å². The van der Waals surface area contributed by atoms with E-state index >= 15 is 0 Å². The molecule has 1 heterocycles. The Labute approximate surface area is 111 Å². The van der Waals surface area contributed by atoms with Gasteiger partial charge < -0.3 is 0 Å². The van der Waals surface area contributed by atoms with E-state index in [4.69, 9.17) is 0 Å². The summed E-state index contributed by atoms with van der Waals surface area (Å²) in [7, 11) is 0. The third-order valence-corrected chi connectivity index (χ3v) is 2.91. The lowest BCUT2D eigenvalue weighted by molar-refractivity contribution is 0.0138. The molecule has 5 heteroatoms. The number of pyridine rings is 1. The molecule has 94 valence electrons. The van der Waals surface area contributed by atoms with Gasteiger partial charge in [0.15, 0.2) is 0 Å². The van der Waals surface area contributed by atoms with Crippen LogP contribution in [0.25, 0.3) is 11.1 Å². The van der Waals surface area contributed by atoms with Gasteiger partial charge in [0.25, 0.3) is 5.92 Å². The van der Waals surface area contributed by atoms with Crippen molar-refractivity contribution in [3.63, 3.8) is 0 Å². The van der Waals surface area contributed by atoms with Crippen LogP contribution in [0.15, 0.2) is 41.1 Å². The second-order valence-electron chi connectivity index (χ2n) is 3.97. The van der Waals surface area contributed by atoms with Crippen LogP contribution in [0.4, 0.5) is 13.2 Å². The molecule has 0 spiro atoms. The van der Waals surface area contributed by atoms with Crippen LogP contribution >= 0.6 is 15.9 Å². The Hall–Kier alpha value is -1.36. The van der Waals surface area contributed by atoms with Crippen LogP contribution in [0.1, 0.15) is 12.5 Å². The molecule has 0 saturated heterocycles. The highest BCUT2D eigenvalue weighted by atomic mass is 79.9. The van der Waals surface area contributed by atoms with Gasteiger partial charge in [0, 0.05) is 29.4 Å². The minimum Gasteiger partial charge on any atom is -0.263 e. The average Bonchev–Trinajstić information content (AvgIpc) is 2.27. The Kier molecular flexibility index (Phi) is 3.43. The fourth-order valence-corrected chi connectivity index (χ4v) is 1.99. The maximum atomic E-state index is 13.6. The summed E-state index contributed by atoms with van der Waals surface area (Å²) in [6, 6.07) is 5.40. The van der Waals surface area contributed by atoms with Crippen LogP contribution in [0.3, 0.4) is 0 Å². The zero-order chi connectivity index (χ0) is 13.3. The molecule has 0 fully saturated rings. The first kappa shape index (κ1) is 13.1. The molecule has 1 aromatic heterocycles. The van der Waals surface area contributed by atoms with E-state index in [2.05, 4.69) is 20.9 Å². The molecule has 18 heavy (non-hydrogen) atoms. The van der Waals surface area contributed by atoms with Crippen molar-refractivity contribution >= 4 is 15.9 Å². The number of nitrogens with zero attached hydrogens (tertiary/aromatic N) is 1. The van der Waals surface area contributed by atoms with Crippen molar-refractivity contribution in [1.82, 2.24) is 4.98 Å². The quantitative estimate of drug-likeness (QED) is 0.778. The van der Waals surface area contributed by atoms with Crippen molar-refractivity contribution in [2.75, 3.05) is 0 Å². The van der Waals surface area contributed by atoms with Crippen molar-refractivity contribution in [3.8, 4) is 11.1 Å². The molecule has 0 bridgehead atoms. The normalized spacial score (nSPS) is 11.6. The Bertz CT molecular complexity index is 579. The minimum atomic E-state index is -3.18. The van der Waals surface area contributed by atoms with Crippen LogP contribution < -0.4 is 0 Å².